The standard InChI is InChI=1S/C24H24O5/c25-22-13-6-7-16-14(15(13)11-27-22)8-18-24(29-18)21(26-10-12-4-2-1-3-5-12)20-19(28-20)17-9-23(16,17)24/h1-5,14,16-21H,6-11H2. The van der Waals surface area contributed by atoms with Crippen LogP contribution in [0, 0.1) is 23.2 Å². The summed E-state index contributed by atoms with van der Waals surface area (Å²) >= 11 is 0. The van der Waals surface area contributed by atoms with Gasteiger partial charge in [-0.15, -0.1) is 0 Å². The van der Waals surface area contributed by atoms with Crippen LogP contribution in [0.3, 0.4) is 0 Å². The maximum absolute atomic E-state index is 12.1. The van der Waals surface area contributed by atoms with Gasteiger partial charge >= 0.3 is 5.97 Å². The van der Waals surface area contributed by atoms with Crippen LogP contribution < -0.4 is 0 Å². The fourth-order valence-electron chi connectivity index (χ4n) is 8.09. The molecule has 0 aromatic heterocycles. The molecule has 1 aromatic carbocycles. The van der Waals surface area contributed by atoms with E-state index in [0.29, 0.717) is 37.1 Å². The summed E-state index contributed by atoms with van der Waals surface area (Å²) in [6, 6.07) is 10.4. The molecule has 29 heavy (non-hydrogen) atoms. The second-order valence-electron chi connectivity index (χ2n) is 10.1. The van der Waals surface area contributed by atoms with Crippen molar-refractivity contribution in [3.63, 3.8) is 0 Å². The Morgan fingerprint density at radius 1 is 1.14 bits per heavy atom. The summed E-state index contributed by atoms with van der Waals surface area (Å²) in [6.07, 6.45) is 4.99. The second-order valence-corrected chi connectivity index (χ2v) is 10.1. The lowest BCUT2D eigenvalue weighted by molar-refractivity contribution is -0.136. The van der Waals surface area contributed by atoms with Crippen molar-refractivity contribution in [3.05, 3.63) is 47.0 Å². The van der Waals surface area contributed by atoms with Crippen molar-refractivity contribution in [1.29, 1.82) is 0 Å². The van der Waals surface area contributed by atoms with Gasteiger partial charge in [0, 0.05) is 11.0 Å². The van der Waals surface area contributed by atoms with E-state index in [0.717, 1.165) is 24.8 Å². The van der Waals surface area contributed by atoms with Gasteiger partial charge < -0.3 is 18.9 Å². The molecule has 0 radical (unpaired) electrons. The molecule has 3 saturated carbocycles. The van der Waals surface area contributed by atoms with Gasteiger partial charge in [0.15, 0.2) is 0 Å². The number of epoxide rings is 2. The lowest BCUT2D eigenvalue weighted by Gasteiger charge is -2.48. The summed E-state index contributed by atoms with van der Waals surface area (Å²) < 4.78 is 24.8. The van der Waals surface area contributed by atoms with Crippen molar-refractivity contribution in [1.82, 2.24) is 0 Å². The molecule has 5 fully saturated rings. The third-order valence-corrected chi connectivity index (χ3v) is 9.26. The minimum atomic E-state index is -0.160. The first-order chi connectivity index (χ1) is 14.2. The Bertz CT molecular complexity index is 971. The molecule has 0 N–H and O–H groups in total. The number of hydrogen-bond donors (Lipinski definition) is 0. The van der Waals surface area contributed by atoms with E-state index >= 15 is 0 Å². The van der Waals surface area contributed by atoms with Gasteiger partial charge in [-0.3, -0.25) is 0 Å². The number of carbonyl (C=O) groups is 1. The molecule has 0 amide bonds. The summed E-state index contributed by atoms with van der Waals surface area (Å²) in [4.78, 5) is 12.1. The number of ether oxygens (including phenoxy) is 4. The number of cyclic esters (lactones) is 1. The maximum Gasteiger partial charge on any atom is 0.334 e. The molecule has 5 nitrogen and oxygen atoms in total. The highest BCUT2D eigenvalue weighted by Crippen LogP contribution is 2.84. The molecule has 1 aromatic rings. The predicted molar refractivity (Wildman–Crippen MR) is 101 cm³/mol. The summed E-state index contributed by atoms with van der Waals surface area (Å²) in [6.45, 7) is 1.12. The molecule has 2 spiro atoms. The zero-order valence-corrected chi connectivity index (χ0v) is 16.2. The van der Waals surface area contributed by atoms with Crippen LogP contribution in [0.2, 0.25) is 0 Å². The molecule has 5 heteroatoms. The van der Waals surface area contributed by atoms with Crippen LogP contribution in [0.5, 0.6) is 0 Å². The number of esters is 1. The van der Waals surface area contributed by atoms with E-state index in [2.05, 4.69) is 24.3 Å². The van der Waals surface area contributed by atoms with E-state index in [1.54, 1.807) is 0 Å². The molecule has 150 valence electrons. The van der Waals surface area contributed by atoms with E-state index in [1.807, 2.05) is 6.07 Å². The van der Waals surface area contributed by atoms with E-state index in [4.69, 9.17) is 18.9 Å². The average Bonchev–Trinajstić information content (AvgIpc) is 3.64. The number of benzene rings is 1. The molecule has 3 heterocycles. The van der Waals surface area contributed by atoms with Gasteiger partial charge in [-0.2, -0.15) is 0 Å². The lowest BCUT2D eigenvalue weighted by Crippen LogP contribution is -2.57. The predicted octanol–water partition coefficient (Wildman–Crippen LogP) is 2.78. The molecular formula is C24H24O5. The molecule has 8 rings (SSSR count). The Hall–Kier alpha value is -1.69. The molecule has 9 atom stereocenters. The van der Waals surface area contributed by atoms with Gasteiger partial charge in [0.2, 0.25) is 0 Å². The molecule has 0 bridgehead atoms. The maximum atomic E-state index is 12.1. The van der Waals surface area contributed by atoms with E-state index in [-0.39, 0.29) is 35.3 Å². The number of hydrogen-bond acceptors (Lipinski definition) is 5. The van der Waals surface area contributed by atoms with Crippen molar-refractivity contribution < 1.29 is 23.7 Å². The van der Waals surface area contributed by atoms with Gasteiger partial charge in [-0.25, -0.2) is 4.79 Å². The largest absolute Gasteiger partial charge is 0.458 e. The van der Waals surface area contributed by atoms with Crippen molar-refractivity contribution >= 4 is 5.97 Å². The van der Waals surface area contributed by atoms with E-state index in [9.17, 15) is 4.79 Å². The Kier molecular flexibility index (Phi) is 2.75. The summed E-state index contributed by atoms with van der Waals surface area (Å²) in [5.74, 6) is 1.56. The fraction of sp³-hybridized carbons (Fsp3) is 0.625. The molecule has 2 saturated heterocycles. The van der Waals surface area contributed by atoms with Gasteiger partial charge in [0.1, 0.15) is 24.4 Å². The molecule has 4 aliphatic carbocycles. The highest BCUT2D eigenvalue weighted by atomic mass is 16.7. The number of carbonyl (C=O) groups excluding carboxylic acids is 1. The van der Waals surface area contributed by atoms with Gasteiger partial charge in [-0.05, 0) is 54.6 Å². The fourth-order valence-corrected chi connectivity index (χ4v) is 8.09. The first-order valence-corrected chi connectivity index (χ1v) is 11.1. The first-order valence-electron chi connectivity index (χ1n) is 11.1. The van der Waals surface area contributed by atoms with E-state index < -0.39 is 0 Å². The van der Waals surface area contributed by atoms with E-state index in [1.165, 1.54) is 17.6 Å². The summed E-state index contributed by atoms with van der Waals surface area (Å²) in [5, 5.41) is 0. The van der Waals surface area contributed by atoms with Crippen molar-refractivity contribution in [2.45, 2.75) is 62.3 Å². The lowest BCUT2D eigenvalue weighted by atomic mass is 9.54. The van der Waals surface area contributed by atoms with Gasteiger partial charge in [0.05, 0.1) is 18.8 Å². The van der Waals surface area contributed by atoms with Crippen LogP contribution in [0.1, 0.15) is 31.2 Å². The van der Waals surface area contributed by atoms with Crippen LogP contribution in [-0.4, -0.2) is 42.6 Å². The van der Waals surface area contributed by atoms with Crippen LogP contribution in [0.4, 0.5) is 0 Å². The van der Waals surface area contributed by atoms with Crippen LogP contribution in [-0.2, 0) is 30.3 Å². The highest BCUT2D eigenvalue weighted by molar-refractivity contribution is 5.92. The zero-order chi connectivity index (χ0) is 19.0. The van der Waals surface area contributed by atoms with Gasteiger partial charge in [-0.1, -0.05) is 30.3 Å². The zero-order valence-electron chi connectivity index (χ0n) is 16.2. The normalized spacial score (nSPS) is 52.3. The monoisotopic (exact) mass is 392 g/mol. The first kappa shape index (κ1) is 16.1. The summed E-state index contributed by atoms with van der Waals surface area (Å²) in [5.41, 5.74) is 3.49. The van der Waals surface area contributed by atoms with Crippen LogP contribution in [0.25, 0.3) is 0 Å². The highest BCUT2D eigenvalue weighted by Gasteiger charge is 2.92. The molecule has 3 aliphatic heterocycles. The Morgan fingerprint density at radius 2 is 2.03 bits per heavy atom. The average molecular weight is 392 g/mol. The van der Waals surface area contributed by atoms with Crippen LogP contribution in [0.15, 0.2) is 41.5 Å². The topological polar surface area (TPSA) is 60.6 Å². The number of fused-ring (bicyclic) bond motifs is 4. The Labute approximate surface area is 169 Å². The Balaban J connectivity index is 1.15. The van der Waals surface area contributed by atoms with Crippen molar-refractivity contribution in [2.75, 3.05) is 6.61 Å². The molecule has 9 unspecified atom stereocenters. The second kappa shape index (κ2) is 4.96. The minimum absolute atomic E-state index is 0.0363. The smallest absolute Gasteiger partial charge is 0.334 e. The summed E-state index contributed by atoms with van der Waals surface area (Å²) in [7, 11) is 0. The third-order valence-electron chi connectivity index (χ3n) is 9.26. The number of rotatable bonds is 3. The SMILES string of the molecule is O=C1OCC2=C1CCC1C2CC2OC23C(OCc2ccccc2)C2OC2C2CC123. The molecule has 7 aliphatic rings. The van der Waals surface area contributed by atoms with Crippen LogP contribution >= 0.6 is 0 Å². The van der Waals surface area contributed by atoms with Crippen molar-refractivity contribution in [3.8, 4) is 0 Å². The third kappa shape index (κ3) is 1.75. The van der Waals surface area contributed by atoms with Gasteiger partial charge in [0.25, 0.3) is 0 Å². The Morgan fingerprint density at radius 3 is 2.93 bits per heavy atom. The van der Waals surface area contributed by atoms with Crippen molar-refractivity contribution in [2.24, 2.45) is 23.2 Å². The molecular weight excluding hydrogens is 368 g/mol. The minimum Gasteiger partial charge on any atom is -0.458 e. The quantitative estimate of drug-likeness (QED) is 0.585.